The first-order chi connectivity index (χ1) is 17.3. The van der Waals surface area contributed by atoms with Crippen molar-refractivity contribution >= 4 is 11.6 Å². The van der Waals surface area contributed by atoms with Crippen molar-refractivity contribution in [1.82, 2.24) is 0 Å². The number of rotatable bonds is 10. The lowest BCUT2D eigenvalue weighted by Gasteiger charge is -2.22. The van der Waals surface area contributed by atoms with E-state index in [4.69, 9.17) is 9.47 Å². The largest absolute Gasteiger partial charge is 0.507 e. The molecule has 0 aliphatic carbocycles. The number of carbonyl (C=O) groups is 2. The number of hydrogen-bond donors (Lipinski definition) is 4. The van der Waals surface area contributed by atoms with Crippen LogP contribution in [0.2, 0.25) is 0 Å². The van der Waals surface area contributed by atoms with E-state index in [1.165, 1.54) is 28.1 Å². The second-order valence-corrected chi connectivity index (χ2v) is 9.39. The first-order valence-corrected chi connectivity index (χ1v) is 11.8. The maximum atomic E-state index is 12.4. The average molecular weight is 513 g/mol. The molecule has 0 aliphatic heterocycles. The number of carbonyl (C=O) groups excluding carboxylic acids is 2. The molecular formula is C29H36O8. The predicted molar refractivity (Wildman–Crippen MR) is 142 cm³/mol. The second kappa shape index (κ2) is 11.9. The van der Waals surface area contributed by atoms with Gasteiger partial charge in [0, 0.05) is 28.7 Å². The van der Waals surface area contributed by atoms with Gasteiger partial charge in [-0.15, -0.1) is 0 Å². The second-order valence-electron chi connectivity index (χ2n) is 9.39. The molecule has 8 nitrogen and oxygen atoms in total. The van der Waals surface area contributed by atoms with Crippen LogP contribution in [0.15, 0.2) is 23.3 Å². The summed E-state index contributed by atoms with van der Waals surface area (Å²) in [7, 11) is 2.73. The lowest BCUT2D eigenvalue weighted by molar-refractivity contribution is 0.0998. The van der Waals surface area contributed by atoms with Crippen molar-refractivity contribution in [3.63, 3.8) is 0 Å². The highest BCUT2D eigenvalue weighted by molar-refractivity contribution is 6.02. The summed E-state index contributed by atoms with van der Waals surface area (Å²) in [6, 6.07) is 0. The molecule has 0 fully saturated rings. The van der Waals surface area contributed by atoms with E-state index in [1.807, 2.05) is 39.8 Å². The van der Waals surface area contributed by atoms with Crippen molar-refractivity contribution in [2.75, 3.05) is 14.2 Å². The van der Waals surface area contributed by atoms with Crippen LogP contribution in [-0.2, 0) is 19.3 Å². The molecule has 0 radical (unpaired) electrons. The molecule has 8 heteroatoms. The number of ketones is 2. The molecule has 0 saturated carbocycles. The zero-order chi connectivity index (χ0) is 28.2. The quantitative estimate of drug-likeness (QED) is 0.241. The summed E-state index contributed by atoms with van der Waals surface area (Å²) in [5, 5.41) is 44.0. The fourth-order valence-corrected chi connectivity index (χ4v) is 4.28. The van der Waals surface area contributed by atoms with Gasteiger partial charge in [0.2, 0.25) is 0 Å². The van der Waals surface area contributed by atoms with Gasteiger partial charge in [-0.3, -0.25) is 9.59 Å². The molecule has 0 unspecified atom stereocenters. The van der Waals surface area contributed by atoms with Gasteiger partial charge in [-0.2, -0.15) is 0 Å². The van der Waals surface area contributed by atoms with E-state index in [1.54, 1.807) is 0 Å². The molecule has 0 spiro atoms. The third-order valence-corrected chi connectivity index (χ3v) is 6.08. The Kier molecular flexibility index (Phi) is 9.39. The van der Waals surface area contributed by atoms with E-state index in [0.29, 0.717) is 0 Å². The van der Waals surface area contributed by atoms with Crippen LogP contribution in [0.1, 0.15) is 84.5 Å². The highest BCUT2D eigenvalue weighted by Crippen LogP contribution is 2.49. The number of hydrogen-bond acceptors (Lipinski definition) is 8. The van der Waals surface area contributed by atoms with E-state index in [-0.39, 0.29) is 64.1 Å². The van der Waals surface area contributed by atoms with E-state index in [2.05, 4.69) is 0 Å². The Hall–Kier alpha value is -3.94. The molecule has 200 valence electrons. The van der Waals surface area contributed by atoms with E-state index in [9.17, 15) is 30.0 Å². The monoisotopic (exact) mass is 512 g/mol. The van der Waals surface area contributed by atoms with Gasteiger partial charge in [0.1, 0.15) is 45.6 Å². The molecule has 0 heterocycles. The number of allylic oxidation sites excluding steroid dienone is 4. The van der Waals surface area contributed by atoms with Crippen LogP contribution in [0.3, 0.4) is 0 Å². The summed E-state index contributed by atoms with van der Waals surface area (Å²) in [5.74, 6) is -2.66. The van der Waals surface area contributed by atoms with Gasteiger partial charge in [-0.05, 0) is 54.4 Å². The maximum absolute atomic E-state index is 12.4. The van der Waals surface area contributed by atoms with Crippen molar-refractivity contribution < 1.29 is 39.5 Å². The van der Waals surface area contributed by atoms with Crippen LogP contribution in [0.25, 0.3) is 0 Å². The molecule has 0 saturated heterocycles. The van der Waals surface area contributed by atoms with E-state index in [0.717, 1.165) is 11.1 Å². The van der Waals surface area contributed by atoms with Crippen molar-refractivity contribution in [3.05, 3.63) is 56.7 Å². The van der Waals surface area contributed by atoms with Crippen molar-refractivity contribution in [2.24, 2.45) is 0 Å². The van der Waals surface area contributed by atoms with Crippen LogP contribution in [0.5, 0.6) is 34.5 Å². The molecule has 0 bridgehead atoms. The van der Waals surface area contributed by atoms with Crippen molar-refractivity contribution in [1.29, 1.82) is 0 Å². The number of methoxy groups -OCH3 is 2. The molecule has 2 rings (SSSR count). The number of Topliss-reactive ketones (excluding diaryl/α,β-unsaturated/α-hetero) is 2. The third-order valence-electron chi connectivity index (χ3n) is 6.08. The smallest absolute Gasteiger partial charge is 0.167 e. The lowest BCUT2D eigenvalue weighted by atomic mass is 9.89. The highest BCUT2D eigenvalue weighted by Gasteiger charge is 2.31. The number of ether oxygens (including phenoxy) is 2. The van der Waals surface area contributed by atoms with Crippen molar-refractivity contribution in [2.45, 2.75) is 60.8 Å². The summed E-state index contributed by atoms with van der Waals surface area (Å²) in [6.45, 7) is 9.97. The Morgan fingerprint density at radius 2 is 0.892 bits per heavy atom. The van der Waals surface area contributed by atoms with Gasteiger partial charge in [0.25, 0.3) is 0 Å². The van der Waals surface area contributed by atoms with Crippen molar-refractivity contribution in [3.8, 4) is 34.5 Å². The molecule has 37 heavy (non-hydrogen) atoms. The maximum Gasteiger partial charge on any atom is 0.167 e. The first kappa shape index (κ1) is 29.3. The minimum atomic E-state index is -0.562. The van der Waals surface area contributed by atoms with Crippen LogP contribution < -0.4 is 9.47 Å². The molecular weight excluding hydrogens is 476 g/mol. The predicted octanol–water partition coefficient (Wildman–Crippen LogP) is 5.54. The van der Waals surface area contributed by atoms with Gasteiger partial charge in [-0.1, -0.05) is 23.3 Å². The SMILES string of the molecule is COc1c(CC=C(C)C)c(O)c(C(C)=O)c(O)c1Cc1c(O)c(C(C)=O)c(O)c(CC=C(C)C)c1OC. The van der Waals surface area contributed by atoms with E-state index >= 15 is 0 Å². The molecule has 0 amide bonds. The molecule has 2 aromatic carbocycles. The zero-order valence-corrected chi connectivity index (χ0v) is 22.7. The third kappa shape index (κ3) is 5.90. The van der Waals surface area contributed by atoms with Crippen LogP contribution in [0.4, 0.5) is 0 Å². The minimum Gasteiger partial charge on any atom is -0.507 e. The standard InChI is InChI=1S/C29H36O8/c1-14(2)9-11-18-24(32)22(16(5)30)26(34)20(28(18)36-7)13-21-27(35)23(17(6)31)25(33)19(29(21)37-8)12-10-15(3)4/h9-10,32-35H,11-13H2,1-8H3. The zero-order valence-electron chi connectivity index (χ0n) is 22.7. The molecule has 0 atom stereocenters. The summed E-state index contributed by atoms with van der Waals surface area (Å²) >= 11 is 0. The van der Waals surface area contributed by atoms with Gasteiger partial charge in [0.15, 0.2) is 11.6 Å². The average Bonchev–Trinajstić information content (AvgIpc) is 2.79. The minimum absolute atomic E-state index is 0.115. The normalized spacial score (nSPS) is 10.6. The molecule has 4 N–H and O–H groups in total. The number of aromatic hydroxyl groups is 4. The molecule has 2 aromatic rings. The molecule has 0 aromatic heterocycles. The van der Waals surface area contributed by atoms with Crippen LogP contribution in [-0.4, -0.2) is 46.2 Å². The Morgan fingerprint density at radius 3 is 1.14 bits per heavy atom. The Labute approximate surface area is 217 Å². The summed E-state index contributed by atoms with van der Waals surface area (Å²) in [6.07, 6.45) is 3.88. The topological polar surface area (TPSA) is 134 Å². The highest BCUT2D eigenvalue weighted by atomic mass is 16.5. The van der Waals surface area contributed by atoms with Crippen LogP contribution >= 0.6 is 0 Å². The first-order valence-electron chi connectivity index (χ1n) is 11.8. The van der Waals surface area contributed by atoms with Gasteiger partial charge < -0.3 is 29.9 Å². The number of phenols is 4. The van der Waals surface area contributed by atoms with Crippen LogP contribution in [0, 0.1) is 0 Å². The van der Waals surface area contributed by atoms with Gasteiger partial charge in [0.05, 0.1) is 14.2 Å². The molecule has 0 aliphatic rings. The summed E-state index contributed by atoms with van der Waals surface area (Å²) in [4.78, 5) is 24.9. The Balaban J connectivity index is 3.01. The Bertz CT molecular complexity index is 1190. The lowest BCUT2D eigenvalue weighted by Crippen LogP contribution is -2.09. The fourth-order valence-electron chi connectivity index (χ4n) is 4.28. The summed E-state index contributed by atoms with van der Waals surface area (Å²) in [5.41, 5.74) is 2.19. The number of benzene rings is 2. The Morgan fingerprint density at radius 1 is 0.595 bits per heavy atom. The number of phenolic OH excluding ortho intramolecular Hbond substituents is 4. The summed E-state index contributed by atoms with van der Waals surface area (Å²) < 4.78 is 11.2. The van der Waals surface area contributed by atoms with E-state index < -0.39 is 34.6 Å². The van der Waals surface area contributed by atoms with Gasteiger partial charge >= 0.3 is 0 Å². The van der Waals surface area contributed by atoms with Gasteiger partial charge in [-0.25, -0.2) is 0 Å². The fraction of sp³-hybridized carbons (Fsp3) is 0.379.